The summed E-state index contributed by atoms with van der Waals surface area (Å²) in [7, 11) is 0. The minimum Gasteiger partial charge on any atom is -0.478 e. The molecule has 7 heteroatoms. The minimum atomic E-state index is -0.290. The minimum absolute atomic E-state index is 0.197. The van der Waals surface area contributed by atoms with Crippen molar-refractivity contribution < 1.29 is 14.6 Å². The van der Waals surface area contributed by atoms with Gasteiger partial charge in [0.25, 0.3) is 0 Å². The number of hydrogen-bond donors (Lipinski definition) is 1. The molecule has 0 aliphatic heterocycles. The molecule has 1 aromatic rings. The zero-order chi connectivity index (χ0) is 9.68. The summed E-state index contributed by atoms with van der Waals surface area (Å²) >= 11 is 2.25. The van der Waals surface area contributed by atoms with Crippen LogP contribution in [0.2, 0.25) is 0 Å². The fraction of sp³-hybridized carbons (Fsp3) is 0.500. The summed E-state index contributed by atoms with van der Waals surface area (Å²) in [5.74, 6) is -0.0927. The Bertz CT molecular complexity index is 289. The van der Waals surface area contributed by atoms with Crippen molar-refractivity contribution in [2.45, 2.75) is 11.3 Å². The number of esters is 1. The van der Waals surface area contributed by atoms with Crippen molar-refractivity contribution in [3.8, 4) is 6.01 Å². The molecule has 13 heavy (non-hydrogen) atoms. The summed E-state index contributed by atoms with van der Waals surface area (Å²) < 4.78 is 8.82. The van der Waals surface area contributed by atoms with Crippen molar-refractivity contribution in [3.05, 3.63) is 0 Å². The number of carbonyl (C=O) groups excluding carboxylic acids is 1. The Morgan fingerprint density at radius 3 is 3.08 bits per heavy atom. The molecule has 72 valence electrons. The highest BCUT2D eigenvalue weighted by atomic mass is 32.2. The molecule has 0 fully saturated rings. The van der Waals surface area contributed by atoms with E-state index in [9.17, 15) is 4.79 Å². The molecule has 0 aromatic carbocycles. The van der Waals surface area contributed by atoms with E-state index in [2.05, 4.69) is 9.36 Å². The fourth-order valence-corrected chi connectivity index (χ4v) is 1.88. The fourth-order valence-electron chi connectivity index (χ4n) is 0.584. The number of nitrogens with zero attached hydrogens (tertiary/aromatic N) is 2. The molecule has 0 spiro atoms. The molecule has 0 saturated carbocycles. The summed E-state index contributed by atoms with van der Waals surface area (Å²) in [5.41, 5.74) is 0. The van der Waals surface area contributed by atoms with Gasteiger partial charge in [-0.05, 0) is 18.5 Å². The molecular formula is C6H8N2O3S2. The third-order valence-corrected chi connectivity index (χ3v) is 2.81. The van der Waals surface area contributed by atoms with Crippen LogP contribution in [0, 0.1) is 0 Å². The number of aromatic hydroxyl groups is 1. The van der Waals surface area contributed by atoms with E-state index in [4.69, 9.17) is 9.84 Å². The second-order valence-corrected chi connectivity index (χ2v) is 3.93. The van der Waals surface area contributed by atoms with Gasteiger partial charge in [-0.2, -0.15) is 4.98 Å². The van der Waals surface area contributed by atoms with Gasteiger partial charge in [0.1, 0.15) is 0 Å². The lowest BCUT2D eigenvalue weighted by Crippen LogP contribution is -2.06. The predicted molar refractivity (Wildman–Crippen MR) is 48.9 cm³/mol. The molecular weight excluding hydrogens is 212 g/mol. The van der Waals surface area contributed by atoms with Gasteiger partial charge in [-0.15, -0.1) is 4.37 Å². The topological polar surface area (TPSA) is 72.3 Å². The van der Waals surface area contributed by atoms with Crippen LogP contribution in [0.3, 0.4) is 0 Å². The summed E-state index contributed by atoms with van der Waals surface area (Å²) in [6, 6.07) is -0.253. The second kappa shape index (κ2) is 5.03. The lowest BCUT2D eigenvalue weighted by atomic mass is 10.8. The largest absolute Gasteiger partial charge is 0.478 e. The van der Waals surface area contributed by atoms with Crippen LogP contribution in [0.1, 0.15) is 6.92 Å². The number of ether oxygens (including phenoxy) is 1. The Balaban J connectivity index is 2.30. The maximum Gasteiger partial charge on any atom is 0.326 e. The monoisotopic (exact) mass is 220 g/mol. The van der Waals surface area contributed by atoms with E-state index in [1.54, 1.807) is 6.92 Å². The van der Waals surface area contributed by atoms with Gasteiger partial charge in [0.15, 0.2) is 4.34 Å². The van der Waals surface area contributed by atoms with E-state index in [0.29, 0.717) is 10.9 Å². The molecule has 1 N–H and O–H groups in total. The first-order valence-corrected chi connectivity index (χ1v) is 5.29. The SMILES string of the molecule is CCOC(=O)CSc1nc(O)ns1. The van der Waals surface area contributed by atoms with E-state index in [-0.39, 0.29) is 17.7 Å². The van der Waals surface area contributed by atoms with Crippen molar-refractivity contribution in [2.75, 3.05) is 12.4 Å². The van der Waals surface area contributed by atoms with Crippen molar-refractivity contribution >= 4 is 29.3 Å². The highest BCUT2D eigenvalue weighted by Crippen LogP contribution is 2.21. The molecule has 0 unspecified atom stereocenters. The molecule has 0 aliphatic rings. The third kappa shape index (κ3) is 3.60. The van der Waals surface area contributed by atoms with E-state index < -0.39 is 0 Å². The van der Waals surface area contributed by atoms with Crippen LogP contribution in [0.4, 0.5) is 0 Å². The lowest BCUT2D eigenvalue weighted by Gasteiger charge is -1.97. The van der Waals surface area contributed by atoms with E-state index in [1.165, 1.54) is 11.8 Å². The average Bonchev–Trinajstić information content (AvgIpc) is 2.49. The van der Waals surface area contributed by atoms with Gasteiger partial charge in [0.05, 0.1) is 12.4 Å². The Morgan fingerprint density at radius 1 is 1.77 bits per heavy atom. The molecule has 0 amide bonds. The Kier molecular flexibility index (Phi) is 3.97. The average molecular weight is 220 g/mol. The first-order valence-electron chi connectivity index (χ1n) is 3.53. The molecule has 0 bridgehead atoms. The number of aromatic nitrogens is 2. The van der Waals surface area contributed by atoms with Gasteiger partial charge < -0.3 is 9.84 Å². The molecule has 1 heterocycles. The van der Waals surface area contributed by atoms with Gasteiger partial charge in [-0.3, -0.25) is 4.79 Å². The van der Waals surface area contributed by atoms with Crippen LogP contribution in [-0.4, -0.2) is 32.8 Å². The van der Waals surface area contributed by atoms with Gasteiger partial charge in [-0.1, -0.05) is 11.8 Å². The Hall–Kier alpha value is -0.820. The van der Waals surface area contributed by atoms with Crippen molar-refractivity contribution in [1.82, 2.24) is 9.36 Å². The van der Waals surface area contributed by atoms with E-state index in [0.717, 1.165) is 11.5 Å². The van der Waals surface area contributed by atoms with Crippen LogP contribution in [0.15, 0.2) is 4.34 Å². The van der Waals surface area contributed by atoms with Crippen LogP contribution >= 0.6 is 23.3 Å². The maximum atomic E-state index is 10.9. The quantitative estimate of drug-likeness (QED) is 0.600. The summed E-state index contributed by atoms with van der Waals surface area (Å²) in [6.07, 6.45) is 0. The van der Waals surface area contributed by atoms with E-state index in [1.807, 2.05) is 0 Å². The van der Waals surface area contributed by atoms with Crippen molar-refractivity contribution in [3.63, 3.8) is 0 Å². The van der Waals surface area contributed by atoms with Gasteiger partial charge in [-0.25, -0.2) is 0 Å². The van der Waals surface area contributed by atoms with Crippen LogP contribution < -0.4 is 0 Å². The van der Waals surface area contributed by atoms with Crippen molar-refractivity contribution in [1.29, 1.82) is 0 Å². The normalized spacial score (nSPS) is 9.92. The first-order chi connectivity index (χ1) is 6.22. The van der Waals surface area contributed by atoms with Crippen LogP contribution in [-0.2, 0) is 9.53 Å². The molecule has 0 radical (unpaired) electrons. The lowest BCUT2D eigenvalue weighted by molar-refractivity contribution is -0.139. The molecule has 1 rings (SSSR count). The first kappa shape index (κ1) is 10.3. The number of hydrogen-bond acceptors (Lipinski definition) is 7. The zero-order valence-corrected chi connectivity index (χ0v) is 8.52. The zero-order valence-electron chi connectivity index (χ0n) is 6.89. The summed E-state index contributed by atoms with van der Waals surface area (Å²) in [6.45, 7) is 2.13. The molecule has 5 nitrogen and oxygen atoms in total. The highest BCUT2D eigenvalue weighted by molar-refractivity contribution is 8.01. The third-order valence-electron chi connectivity index (χ3n) is 1.02. The van der Waals surface area contributed by atoms with Crippen molar-refractivity contribution in [2.24, 2.45) is 0 Å². The smallest absolute Gasteiger partial charge is 0.326 e. The van der Waals surface area contributed by atoms with Gasteiger partial charge in [0.2, 0.25) is 0 Å². The number of rotatable bonds is 4. The van der Waals surface area contributed by atoms with Crippen LogP contribution in [0.5, 0.6) is 6.01 Å². The maximum absolute atomic E-state index is 10.9. The molecule has 0 saturated heterocycles. The highest BCUT2D eigenvalue weighted by Gasteiger charge is 2.07. The number of thioether (sulfide) groups is 1. The van der Waals surface area contributed by atoms with Gasteiger partial charge in [0, 0.05) is 0 Å². The van der Waals surface area contributed by atoms with Gasteiger partial charge >= 0.3 is 12.0 Å². The Labute approximate surface area is 83.3 Å². The number of carbonyl (C=O) groups is 1. The second-order valence-electron chi connectivity index (χ2n) is 1.95. The molecule has 1 aromatic heterocycles. The summed E-state index contributed by atoms with van der Waals surface area (Å²) in [4.78, 5) is 14.5. The molecule has 0 atom stereocenters. The molecule has 0 aliphatic carbocycles. The Morgan fingerprint density at radius 2 is 2.54 bits per heavy atom. The predicted octanol–water partition coefficient (Wildman–Crippen LogP) is 0.899. The summed E-state index contributed by atoms with van der Waals surface area (Å²) in [5, 5.41) is 8.78. The van der Waals surface area contributed by atoms with E-state index >= 15 is 0 Å². The van der Waals surface area contributed by atoms with Crippen LogP contribution in [0.25, 0.3) is 0 Å². The standard InChI is InChI=1S/C6H8N2O3S2/c1-2-11-4(9)3-12-6-7-5(10)8-13-6/h2-3H2,1H3,(H,8,10).